The van der Waals surface area contributed by atoms with Gasteiger partial charge in [0.2, 0.25) is 0 Å². The Morgan fingerprint density at radius 2 is 1.94 bits per heavy atom. The predicted octanol–water partition coefficient (Wildman–Crippen LogP) is 1.73. The molecule has 0 saturated carbocycles. The number of thioether (sulfide) groups is 1. The van der Waals surface area contributed by atoms with E-state index in [2.05, 4.69) is 9.97 Å². The Labute approximate surface area is 110 Å². The molecule has 1 rings (SSSR count). The van der Waals surface area contributed by atoms with Gasteiger partial charge in [0.15, 0.2) is 10.9 Å². The third kappa shape index (κ3) is 3.80. The van der Waals surface area contributed by atoms with E-state index < -0.39 is 11.4 Å². The van der Waals surface area contributed by atoms with Gasteiger partial charge in [0.1, 0.15) is 5.41 Å². The van der Waals surface area contributed by atoms with Crippen LogP contribution in [0.4, 0.5) is 0 Å². The number of ether oxygens (including phenoxy) is 1. The highest BCUT2D eigenvalue weighted by Gasteiger charge is 2.37. The van der Waals surface area contributed by atoms with Gasteiger partial charge in [0.05, 0.1) is 12.4 Å². The van der Waals surface area contributed by atoms with E-state index >= 15 is 0 Å². The van der Waals surface area contributed by atoms with Gasteiger partial charge in [-0.05, 0) is 26.8 Å². The van der Waals surface area contributed by atoms with Crippen molar-refractivity contribution in [2.75, 3.05) is 12.4 Å². The molecule has 0 amide bonds. The Bertz CT molecular complexity index is 421. The lowest BCUT2D eigenvalue weighted by Gasteiger charge is -2.20. The molecule has 1 aromatic rings. The van der Waals surface area contributed by atoms with Gasteiger partial charge in [-0.2, -0.15) is 0 Å². The van der Waals surface area contributed by atoms with E-state index in [4.69, 9.17) is 4.74 Å². The topological polar surface area (TPSA) is 69.2 Å². The van der Waals surface area contributed by atoms with E-state index in [1.54, 1.807) is 39.2 Å². The first-order valence-corrected chi connectivity index (χ1v) is 6.57. The van der Waals surface area contributed by atoms with Crippen molar-refractivity contribution in [1.82, 2.24) is 9.97 Å². The molecule has 0 aromatic carbocycles. The fraction of sp³-hybridized carbons (Fsp3) is 0.500. The fourth-order valence-corrected chi connectivity index (χ4v) is 1.99. The zero-order valence-electron chi connectivity index (χ0n) is 10.7. The fourth-order valence-electron chi connectivity index (χ4n) is 1.10. The number of carbonyl (C=O) groups is 2. The van der Waals surface area contributed by atoms with Crippen LogP contribution in [0.2, 0.25) is 0 Å². The summed E-state index contributed by atoms with van der Waals surface area (Å²) in [5.74, 6) is -0.543. The minimum atomic E-state index is -1.13. The predicted molar refractivity (Wildman–Crippen MR) is 68.2 cm³/mol. The van der Waals surface area contributed by atoms with Crippen LogP contribution < -0.4 is 0 Å². The van der Waals surface area contributed by atoms with E-state index in [0.717, 1.165) is 0 Å². The standard InChI is InChI=1S/C12H16N2O3S/c1-4-17-10(16)12(2,3)9(15)8-18-11-13-6-5-7-14-11/h5-7H,4,8H2,1-3H3. The summed E-state index contributed by atoms with van der Waals surface area (Å²) >= 11 is 1.21. The highest BCUT2D eigenvalue weighted by atomic mass is 32.2. The zero-order valence-corrected chi connectivity index (χ0v) is 11.5. The minimum absolute atomic E-state index is 0.149. The molecule has 1 aromatic heterocycles. The average Bonchev–Trinajstić information content (AvgIpc) is 2.37. The number of aromatic nitrogens is 2. The summed E-state index contributed by atoms with van der Waals surface area (Å²) in [4.78, 5) is 31.6. The van der Waals surface area contributed by atoms with E-state index in [-0.39, 0.29) is 18.1 Å². The Balaban J connectivity index is 2.57. The van der Waals surface area contributed by atoms with Gasteiger partial charge in [-0.25, -0.2) is 9.97 Å². The van der Waals surface area contributed by atoms with Crippen molar-refractivity contribution in [1.29, 1.82) is 0 Å². The molecule has 5 nitrogen and oxygen atoms in total. The molecule has 98 valence electrons. The zero-order chi connectivity index (χ0) is 13.6. The number of rotatable bonds is 6. The Hall–Kier alpha value is -1.43. The second-order valence-electron chi connectivity index (χ2n) is 4.09. The molecule has 0 fully saturated rings. The molecule has 1 heterocycles. The largest absolute Gasteiger partial charge is 0.465 e. The van der Waals surface area contributed by atoms with Crippen molar-refractivity contribution in [2.45, 2.75) is 25.9 Å². The number of hydrogen-bond acceptors (Lipinski definition) is 6. The molecule has 0 saturated heterocycles. The van der Waals surface area contributed by atoms with E-state index in [0.29, 0.717) is 5.16 Å². The molecule has 0 N–H and O–H groups in total. The second kappa shape index (κ2) is 6.49. The molecule has 0 unspecified atom stereocenters. The first-order valence-electron chi connectivity index (χ1n) is 5.58. The van der Waals surface area contributed by atoms with Gasteiger partial charge < -0.3 is 4.74 Å². The smallest absolute Gasteiger partial charge is 0.319 e. The van der Waals surface area contributed by atoms with Crippen molar-refractivity contribution in [2.24, 2.45) is 5.41 Å². The number of hydrogen-bond donors (Lipinski definition) is 0. The quantitative estimate of drug-likeness (QED) is 0.339. The van der Waals surface area contributed by atoms with Crippen LogP contribution in [0.3, 0.4) is 0 Å². The van der Waals surface area contributed by atoms with Crippen molar-refractivity contribution in [3.8, 4) is 0 Å². The lowest BCUT2D eigenvalue weighted by Crippen LogP contribution is -2.36. The third-order valence-electron chi connectivity index (χ3n) is 2.36. The SMILES string of the molecule is CCOC(=O)C(C)(C)C(=O)CSc1ncccn1. The molecule has 0 spiro atoms. The van der Waals surface area contributed by atoms with E-state index in [1.807, 2.05) is 0 Å². The molecule has 0 aliphatic heterocycles. The van der Waals surface area contributed by atoms with Crippen LogP contribution in [0.1, 0.15) is 20.8 Å². The monoisotopic (exact) mass is 268 g/mol. The average molecular weight is 268 g/mol. The summed E-state index contributed by atoms with van der Waals surface area (Å²) in [5, 5.41) is 0.519. The first-order chi connectivity index (χ1) is 8.48. The maximum Gasteiger partial charge on any atom is 0.319 e. The Kier molecular flexibility index (Phi) is 5.27. The maximum atomic E-state index is 12.0. The van der Waals surface area contributed by atoms with Gasteiger partial charge in [-0.1, -0.05) is 11.8 Å². The van der Waals surface area contributed by atoms with Gasteiger partial charge >= 0.3 is 5.97 Å². The van der Waals surface area contributed by atoms with Crippen LogP contribution >= 0.6 is 11.8 Å². The van der Waals surface area contributed by atoms with Crippen LogP contribution in [-0.2, 0) is 14.3 Å². The molecule has 0 bridgehead atoms. The van der Waals surface area contributed by atoms with Crippen LogP contribution in [0, 0.1) is 5.41 Å². The molecule has 6 heteroatoms. The molecule has 0 radical (unpaired) electrons. The molecule has 0 aliphatic carbocycles. The molecular formula is C12H16N2O3S. The summed E-state index contributed by atoms with van der Waals surface area (Å²) < 4.78 is 4.88. The molecule has 0 aliphatic rings. The summed E-state index contributed by atoms with van der Waals surface area (Å²) in [7, 11) is 0. The molecule has 0 atom stereocenters. The van der Waals surface area contributed by atoms with E-state index in [9.17, 15) is 9.59 Å². The second-order valence-corrected chi connectivity index (χ2v) is 5.03. The normalized spacial score (nSPS) is 11.1. The number of Topliss-reactive ketones (excluding diaryl/α,β-unsaturated/α-hetero) is 1. The summed E-state index contributed by atoms with van der Waals surface area (Å²) in [6.07, 6.45) is 3.21. The van der Waals surface area contributed by atoms with Crippen LogP contribution in [0.5, 0.6) is 0 Å². The first kappa shape index (κ1) is 14.6. The number of carbonyl (C=O) groups excluding carboxylic acids is 2. The summed E-state index contributed by atoms with van der Waals surface area (Å²) in [6.45, 7) is 5.12. The number of esters is 1. The van der Waals surface area contributed by atoms with Gasteiger partial charge in [-0.3, -0.25) is 9.59 Å². The molecule has 18 heavy (non-hydrogen) atoms. The van der Waals surface area contributed by atoms with E-state index in [1.165, 1.54) is 11.8 Å². The van der Waals surface area contributed by atoms with Gasteiger partial charge in [0, 0.05) is 12.4 Å². The maximum absolute atomic E-state index is 12.0. The third-order valence-corrected chi connectivity index (χ3v) is 3.23. The van der Waals surface area contributed by atoms with Gasteiger partial charge in [0.25, 0.3) is 0 Å². The Morgan fingerprint density at radius 1 is 1.33 bits per heavy atom. The summed E-state index contributed by atoms with van der Waals surface area (Å²) in [6, 6.07) is 1.70. The van der Waals surface area contributed by atoms with Crippen molar-refractivity contribution in [3.05, 3.63) is 18.5 Å². The number of ketones is 1. The Morgan fingerprint density at radius 3 is 2.50 bits per heavy atom. The minimum Gasteiger partial charge on any atom is -0.465 e. The van der Waals surface area contributed by atoms with Gasteiger partial charge in [-0.15, -0.1) is 0 Å². The van der Waals surface area contributed by atoms with Crippen LogP contribution in [0.25, 0.3) is 0 Å². The summed E-state index contributed by atoms with van der Waals surface area (Å²) in [5.41, 5.74) is -1.13. The van der Waals surface area contributed by atoms with Crippen LogP contribution in [0.15, 0.2) is 23.6 Å². The van der Waals surface area contributed by atoms with Crippen molar-refractivity contribution in [3.63, 3.8) is 0 Å². The van der Waals surface area contributed by atoms with Crippen molar-refractivity contribution < 1.29 is 14.3 Å². The highest BCUT2D eigenvalue weighted by Crippen LogP contribution is 2.23. The lowest BCUT2D eigenvalue weighted by molar-refractivity contribution is -0.157. The lowest BCUT2D eigenvalue weighted by atomic mass is 9.89. The number of nitrogens with zero attached hydrogens (tertiary/aromatic N) is 2. The van der Waals surface area contributed by atoms with Crippen LogP contribution in [-0.4, -0.2) is 34.1 Å². The highest BCUT2D eigenvalue weighted by molar-refractivity contribution is 7.99. The molecular weight excluding hydrogens is 252 g/mol. The van der Waals surface area contributed by atoms with Crippen molar-refractivity contribution >= 4 is 23.5 Å².